The number of benzene rings is 1. The molecule has 110 valence electrons. The lowest BCUT2D eigenvalue weighted by Gasteiger charge is -2.24. The van der Waals surface area contributed by atoms with Crippen LogP contribution in [0.1, 0.15) is 24.3 Å². The first-order chi connectivity index (χ1) is 9.58. The summed E-state index contributed by atoms with van der Waals surface area (Å²) >= 11 is 1.44. The Morgan fingerprint density at radius 2 is 2.15 bits per heavy atom. The quantitative estimate of drug-likeness (QED) is 0.907. The highest BCUT2D eigenvalue weighted by atomic mass is 32.2. The summed E-state index contributed by atoms with van der Waals surface area (Å²) in [4.78, 5) is 14.0. The van der Waals surface area contributed by atoms with Gasteiger partial charge in [0.25, 0.3) is 0 Å². The third kappa shape index (κ3) is 2.96. The molecule has 0 unspecified atom stereocenters. The number of hydrogen-bond acceptors (Lipinski definition) is 3. The molecule has 0 aromatic heterocycles. The molecule has 1 fully saturated rings. The molecule has 0 saturated carbocycles. The molecular formula is C14H18F2N2OS. The summed E-state index contributed by atoms with van der Waals surface area (Å²) in [5.41, 5.74) is 0.372. The molecule has 0 aliphatic carbocycles. The maximum Gasteiger partial charge on any atom is 0.236 e. The molecule has 1 amide bonds. The van der Waals surface area contributed by atoms with Crippen molar-refractivity contribution in [3.05, 3.63) is 35.4 Å². The zero-order valence-electron chi connectivity index (χ0n) is 11.5. The fraction of sp³-hybridized carbons (Fsp3) is 0.500. The first kappa shape index (κ1) is 15.3. The minimum absolute atomic E-state index is 0.0291. The average molecular weight is 300 g/mol. The van der Waals surface area contributed by atoms with E-state index in [0.717, 1.165) is 6.07 Å². The second-order valence-corrected chi connectivity index (χ2v) is 5.97. The van der Waals surface area contributed by atoms with E-state index in [1.807, 2.05) is 6.92 Å². The van der Waals surface area contributed by atoms with E-state index in [4.69, 9.17) is 0 Å². The molecule has 20 heavy (non-hydrogen) atoms. The van der Waals surface area contributed by atoms with Gasteiger partial charge in [-0.25, -0.2) is 8.78 Å². The topological polar surface area (TPSA) is 32.3 Å². The van der Waals surface area contributed by atoms with Gasteiger partial charge in [-0.1, -0.05) is 13.0 Å². The molecule has 0 spiro atoms. The van der Waals surface area contributed by atoms with E-state index >= 15 is 0 Å². The predicted molar refractivity (Wildman–Crippen MR) is 76.4 cm³/mol. The van der Waals surface area contributed by atoms with Crippen molar-refractivity contribution in [1.82, 2.24) is 10.2 Å². The molecule has 2 rings (SSSR count). The van der Waals surface area contributed by atoms with Crippen LogP contribution in [-0.4, -0.2) is 36.2 Å². The Bertz CT molecular complexity index is 498. The van der Waals surface area contributed by atoms with E-state index in [1.165, 1.54) is 23.9 Å². The summed E-state index contributed by atoms with van der Waals surface area (Å²) in [7, 11) is 1.80. The Morgan fingerprint density at radius 3 is 2.75 bits per heavy atom. The number of nitrogens with one attached hydrogen (secondary N) is 1. The van der Waals surface area contributed by atoms with Crippen LogP contribution < -0.4 is 5.32 Å². The Hall–Kier alpha value is -1.14. The van der Waals surface area contributed by atoms with Gasteiger partial charge in [-0.15, -0.1) is 11.8 Å². The molecule has 2 atom stereocenters. The van der Waals surface area contributed by atoms with E-state index < -0.39 is 11.6 Å². The molecule has 3 nitrogen and oxygen atoms in total. The minimum atomic E-state index is -0.602. The van der Waals surface area contributed by atoms with E-state index in [9.17, 15) is 13.6 Å². The van der Waals surface area contributed by atoms with Crippen LogP contribution in [0, 0.1) is 11.6 Å². The lowest BCUT2D eigenvalue weighted by Crippen LogP contribution is -2.36. The highest BCUT2D eigenvalue weighted by molar-refractivity contribution is 8.01. The number of hydrogen-bond donors (Lipinski definition) is 1. The Labute approximate surface area is 121 Å². The van der Waals surface area contributed by atoms with Crippen LogP contribution in [0.5, 0.6) is 0 Å². The lowest BCUT2D eigenvalue weighted by molar-refractivity contribution is -0.130. The van der Waals surface area contributed by atoms with Gasteiger partial charge in [-0.3, -0.25) is 4.79 Å². The first-order valence-corrected chi connectivity index (χ1v) is 7.58. The number of carbonyl (C=O) groups is 1. The van der Waals surface area contributed by atoms with Crippen molar-refractivity contribution in [3.63, 3.8) is 0 Å². The third-order valence-corrected chi connectivity index (χ3v) is 4.97. The molecule has 1 aromatic carbocycles. The summed E-state index contributed by atoms with van der Waals surface area (Å²) < 4.78 is 27.0. The summed E-state index contributed by atoms with van der Waals surface area (Å²) in [6, 6.07) is 3.54. The van der Waals surface area contributed by atoms with Crippen LogP contribution in [-0.2, 0) is 4.79 Å². The van der Waals surface area contributed by atoms with Crippen LogP contribution >= 0.6 is 11.8 Å². The number of thioether (sulfide) groups is 1. The zero-order chi connectivity index (χ0) is 14.7. The second kappa shape index (κ2) is 6.54. The molecule has 1 aliphatic heterocycles. The van der Waals surface area contributed by atoms with Crippen molar-refractivity contribution in [1.29, 1.82) is 0 Å². The zero-order valence-corrected chi connectivity index (χ0v) is 12.3. The van der Waals surface area contributed by atoms with Gasteiger partial charge >= 0.3 is 0 Å². The monoisotopic (exact) mass is 300 g/mol. The summed E-state index contributed by atoms with van der Waals surface area (Å²) in [6.45, 7) is 3.09. The highest BCUT2D eigenvalue weighted by Gasteiger charge is 2.40. The van der Waals surface area contributed by atoms with E-state index in [0.29, 0.717) is 25.1 Å². The van der Waals surface area contributed by atoms with Crippen molar-refractivity contribution in [2.45, 2.75) is 24.0 Å². The predicted octanol–water partition coefficient (Wildman–Crippen LogP) is 2.54. The Morgan fingerprint density at radius 1 is 1.40 bits per heavy atom. The third-order valence-electron chi connectivity index (χ3n) is 3.34. The number of carbonyl (C=O) groups excluding carboxylic acids is 1. The van der Waals surface area contributed by atoms with Gasteiger partial charge in [-0.05, 0) is 19.5 Å². The molecule has 0 radical (unpaired) electrons. The van der Waals surface area contributed by atoms with Crippen LogP contribution in [0.2, 0.25) is 0 Å². The Balaban J connectivity index is 2.29. The maximum atomic E-state index is 13.9. The normalized spacial score (nSPS) is 22.6. The molecule has 1 aromatic rings. The largest absolute Gasteiger partial charge is 0.324 e. The van der Waals surface area contributed by atoms with Crippen LogP contribution in [0.25, 0.3) is 0 Å². The molecule has 1 aliphatic rings. The lowest BCUT2D eigenvalue weighted by atomic mass is 10.1. The first-order valence-electron chi connectivity index (χ1n) is 6.64. The van der Waals surface area contributed by atoms with Crippen molar-refractivity contribution >= 4 is 17.7 Å². The van der Waals surface area contributed by atoms with Crippen LogP contribution in [0.3, 0.4) is 0 Å². The smallest absolute Gasteiger partial charge is 0.236 e. The van der Waals surface area contributed by atoms with E-state index in [-0.39, 0.29) is 16.5 Å². The fourth-order valence-corrected chi connectivity index (χ4v) is 3.71. The van der Waals surface area contributed by atoms with Crippen molar-refractivity contribution in [2.75, 3.05) is 20.1 Å². The van der Waals surface area contributed by atoms with Gasteiger partial charge in [0.15, 0.2) is 0 Å². The van der Waals surface area contributed by atoms with Gasteiger partial charge in [0.05, 0.1) is 5.25 Å². The highest BCUT2D eigenvalue weighted by Crippen LogP contribution is 2.44. The van der Waals surface area contributed by atoms with Crippen molar-refractivity contribution in [3.8, 4) is 0 Å². The Kier molecular flexibility index (Phi) is 4.99. The average Bonchev–Trinajstić information content (AvgIpc) is 2.73. The number of halogens is 2. The molecule has 1 saturated heterocycles. The van der Waals surface area contributed by atoms with Gasteiger partial charge in [0.2, 0.25) is 5.91 Å². The number of amides is 1. The van der Waals surface area contributed by atoms with Gasteiger partial charge < -0.3 is 10.2 Å². The van der Waals surface area contributed by atoms with E-state index in [1.54, 1.807) is 11.9 Å². The SMILES string of the molecule is CC[C@H]1S[C@@H](c2ccc(F)cc2F)N(CCNC)C1=O. The summed E-state index contributed by atoms with van der Waals surface area (Å²) in [5, 5.41) is 2.46. The second-order valence-electron chi connectivity index (χ2n) is 4.69. The number of nitrogens with zero attached hydrogens (tertiary/aromatic N) is 1. The molecule has 6 heteroatoms. The fourth-order valence-electron chi connectivity index (χ4n) is 2.26. The van der Waals surface area contributed by atoms with Gasteiger partial charge in [0, 0.05) is 24.7 Å². The minimum Gasteiger partial charge on any atom is -0.324 e. The number of likely N-dealkylation sites (N-methyl/N-ethyl adjacent to an activating group) is 1. The maximum absolute atomic E-state index is 13.9. The summed E-state index contributed by atoms with van der Waals surface area (Å²) in [5.74, 6) is -1.17. The molecule has 1 N–H and O–H groups in total. The number of rotatable bonds is 5. The van der Waals surface area contributed by atoms with Crippen LogP contribution in [0.4, 0.5) is 8.78 Å². The van der Waals surface area contributed by atoms with Crippen molar-refractivity contribution < 1.29 is 13.6 Å². The van der Waals surface area contributed by atoms with Gasteiger partial charge in [0.1, 0.15) is 17.0 Å². The van der Waals surface area contributed by atoms with Gasteiger partial charge in [-0.2, -0.15) is 0 Å². The van der Waals surface area contributed by atoms with Crippen molar-refractivity contribution in [2.24, 2.45) is 0 Å². The van der Waals surface area contributed by atoms with Crippen LogP contribution in [0.15, 0.2) is 18.2 Å². The van der Waals surface area contributed by atoms with E-state index in [2.05, 4.69) is 5.32 Å². The molecule has 0 bridgehead atoms. The molecule has 1 heterocycles. The molecular weight excluding hydrogens is 282 g/mol. The standard InChI is InChI=1S/C14H18F2N2OS/c1-3-12-13(19)18(7-6-17-2)14(20-12)10-5-4-9(15)8-11(10)16/h4-5,8,12,14,17H,3,6-7H2,1-2H3/t12-,14+/m1/s1. The summed E-state index contributed by atoms with van der Waals surface area (Å²) in [6.07, 6.45) is 0.707.